The molecule has 1 saturated carbocycles. The van der Waals surface area contributed by atoms with Crippen LogP contribution < -0.4 is 11.1 Å². The lowest BCUT2D eigenvalue weighted by atomic mass is 9.97. The maximum atomic E-state index is 12.3. The smallest absolute Gasteiger partial charge is 0.227 e. The van der Waals surface area contributed by atoms with Gasteiger partial charge in [0.05, 0.1) is 5.69 Å². The molecule has 2 unspecified atom stereocenters. The van der Waals surface area contributed by atoms with Crippen molar-refractivity contribution in [2.45, 2.75) is 26.2 Å². The van der Waals surface area contributed by atoms with Gasteiger partial charge in [-0.25, -0.2) is 0 Å². The number of nitrogens with two attached hydrogens (primary N) is 1. The Morgan fingerprint density at radius 1 is 1.47 bits per heavy atom. The summed E-state index contributed by atoms with van der Waals surface area (Å²) in [6.45, 7) is 2.13. The molecule has 2 atom stereocenters. The molecule has 1 aromatic carbocycles. The number of anilines is 1. The normalized spacial score (nSPS) is 22.2. The van der Waals surface area contributed by atoms with Crippen LogP contribution in [0.2, 0.25) is 0 Å². The lowest BCUT2D eigenvalue weighted by Crippen LogP contribution is -2.26. The van der Waals surface area contributed by atoms with Crippen LogP contribution in [0.15, 0.2) is 22.7 Å². The van der Waals surface area contributed by atoms with E-state index in [-0.39, 0.29) is 11.8 Å². The molecule has 1 aliphatic carbocycles. The zero-order valence-electron chi connectivity index (χ0n) is 10.8. The number of hydrogen-bond acceptors (Lipinski definition) is 2. The summed E-state index contributed by atoms with van der Waals surface area (Å²) in [5.74, 6) is 0.610. The first-order valence-corrected chi connectivity index (χ1v) is 7.59. The Morgan fingerprint density at radius 2 is 2.21 bits per heavy atom. The molecular weight excluding hydrogens is 324 g/mol. The minimum Gasteiger partial charge on any atom is -0.389 e. The molecule has 0 heterocycles. The van der Waals surface area contributed by atoms with Crippen molar-refractivity contribution < 1.29 is 4.79 Å². The van der Waals surface area contributed by atoms with Crippen molar-refractivity contribution in [2.24, 2.45) is 17.6 Å². The monoisotopic (exact) mass is 340 g/mol. The van der Waals surface area contributed by atoms with Crippen LogP contribution in [0.1, 0.15) is 31.7 Å². The molecule has 0 radical (unpaired) electrons. The highest BCUT2D eigenvalue weighted by Gasteiger charge is 2.30. The van der Waals surface area contributed by atoms with Gasteiger partial charge in [-0.05, 0) is 37.0 Å². The standard InChI is InChI=1S/C14H17BrN2OS/c1-8-3-2-4-10(8)14(18)17-12-7-9(15)5-6-11(12)13(16)19/h5-8,10H,2-4H2,1H3,(H2,16,19)(H,17,18). The number of rotatable bonds is 3. The van der Waals surface area contributed by atoms with Crippen LogP contribution in [0.3, 0.4) is 0 Å². The van der Waals surface area contributed by atoms with Gasteiger partial charge in [0.25, 0.3) is 0 Å². The summed E-state index contributed by atoms with van der Waals surface area (Å²) in [5, 5.41) is 2.97. The predicted octanol–water partition coefficient (Wildman–Crippen LogP) is 3.46. The van der Waals surface area contributed by atoms with Crippen LogP contribution in [-0.2, 0) is 4.79 Å². The summed E-state index contributed by atoms with van der Waals surface area (Å²) < 4.78 is 0.891. The van der Waals surface area contributed by atoms with Gasteiger partial charge in [0.1, 0.15) is 4.99 Å². The summed E-state index contributed by atoms with van der Waals surface area (Å²) in [7, 11) is 0. The molecule has 1 fully saturated rings. The van der Waals surface area contributed by atoms with Crippen molar-refractivity contribution >= 4 is 44.7 Å². The molecule has 0 aromatic heterocycles. The number of carbonyl (C=O) groups excluding carboxylic acids is 1. The fourth-order valence-corrected chi connectivity index (χ4v) is 3.13. The molecule has 0 saturated heterocycles. The van der Waals surface area contributed by atoms with E-state index < -0.39 is 0 Å². The lowest BCUT2D eigenvalue weighted by Gasteiger charge is -2.17. The quantitative estimate of drug-likeness (QED) is 0.828. The SMILES string of the molecule is CC1CCCC1C(=O)Nc1cc(Br)ccc1C(N)=S. The van der Waals surface area contributed by atoms with Crippen LogP contribution in [0.5, 0.6) is 0 Å². The second-order valence-corrected chi connectivity index (χ2v) is 6.41. The van der Waals surface area contributed by atoms with Crippen molar-refractivity contribution in [3.05, 3.63) is 28.2 Å². The Morgan fingerprint density at radius 3 is 2.79 bits per heavy atom. The molecule has 0 aliphatic heterocycles. The first-order chi connectivity index (χ1) is 8.99. The highest BCUT2D eigenvalue weighted by atomic mass is 79.9. The maximum Gasteiger partial charge on any atom is 0.227 e. The molecule has 1 aromatic rings. The van der Waals surface area contributed by atoms with Gasteiger partial charge in [-0.1, -0.05) is 41.5 Å². The minimum atomic E-state index is 0.0700. The van der Waals surface area contributed by atoms with Gasteiger partial charge in [0.15, 0.2) is 0 Å². The average Bonchev–Trinajstić information content (AvgIpc) is 2.75. The van der Waals surface area contributed by atoms with Crippen molar-refractivity contribution in [1.29, 1.82) is 0 Å². The van der Waals surface area contributed by atoms with Crippen molar-refractivity contribution in [3.63, 3.8) is 0 Å². The van der Waals surface area contributed by atoms with Crippen LogP contribution in [-0.4, -0.2) is 10.9 Å². The van der Waals surface area contributed by atoms with E-state index in [2.05, 4.69) is 28.2 Å². The molecule has 102 valence electrons. The second kappa shape index (κ2) is 6.01. The van der Waals surface area contributed by atoms with Crippen molar-refractivity contribution in [1.82, 2.24) is 0 Å². The molecule has 3 N–H and O–H groups in total. The van der Waals surface area contributed by atoms with Crippen LogP contribution in [0, 0.1) is 11.8 Å². The van der Waals surface area contributed by atoms with Gasteiger partial charge in [-0.2, -0.15) is 0 Å². The number of benzene rings is 1. The zero-order chi connectivity index (χ0) is 14.0. The topological polar surface area (TPSA) is 55.1 Å². The fraction of sp³-hybridized carbons (Fsp3) is 0.429. The molecule has 2 rings (SSSR count). The minimum absolute atomic E-state index is 0.0700. The Balaban J connectivity index is 2.20. The van der Waals surface area contributed by atoms with Gasteiger partial charge in [0.2, 0.25) is 5.91 Å². The first kappa shape index (κ1) is 14.5. The number of carbonyl (C=O) groups is 1. The van der Waals surface area contributed by atoms with Gasteiger partial charge < -0.3 is 11.1 Å². The largest absolute Gasteiger partial charge is 0.389 e. The molecule has 0 spiro atoms. The van der Waals surface area contributed by atoms with Crippen LogP contribution >= 0.6 is 28.1 Å². The fourth-order valence-electron chi connectivity index (χ4n) is 2.60. The van der Waals surface area contributed by atoms with Crippen molar-refractivity contribution in [3.8, 4) is 0 Å². The summed E-state index contributed by atoms with van der Waals surface area (Å²) in [6, 6.07) is 5.52. The second-order valence-electron chi connectivity index (χ2n) is 5.06. The molecule has 0 bridgehead atoms. The summed E-state index contributed by atoms with van der Waals surface area (Å²) >= 11 is 8.41. The van der Waals surface area contributed by atoms with Gasteiger partial charge in [0, 0.05) is 16.0 Å². The van der Waals surface area contributed by atoms with E-state index in [0.29, 0.717) is 22.2 Å². The number of halogens is 1. The Kier molecular flexibility index (Phi) is 4.58. The molecule has 19 heavy (non-hydrogen) atoms. The summed E-state index contributed by atoms with van der Waals surface area (Å²) in [4.78, 5) is 12.6. The van der Waals surface area contributed by atoms with E-state index in [1.54, 1.807) is 0 Å². The van der Waals surface area contributed by atoms with Gasteiger partial charge in [-0.15, -0.1) is 0 Å². The first-order valence-electron chi connectivity index (χ1n) is 6.39. The highest BCUT2D eigenvalue weighted by molar-refractivity contribution is 9.10. The number of amides is 1. The Hall–Kier alpha value is -0.940. The Bertz CT molecular complexity index is 518. The van der Waals surface area contributed by atoms with E-state index in [9.17, 15) is 4.79 Å². The van der Waals surface area contributed by atoms with Gasteiger partial charge >= 0.3 is 0 Å². The Labute approximate surface area is 127 Å². The molecule has 5 heteroatoms. The van der Waals surface area contributed by atoms with E-state index in [0.717, 1.165) is 23.7 Å². The van der Waals surface area contributed by atoms with Crippen molar-refractivity contribution in [2.75, 3.05) is 5.32 Å². The van der Waals surface area contributed by atoms with Crippen LogP contribution in [0.25, 0.3) is 0 Å². The molecule has 3 nitrogen and oxygen atoms in total. The van der Waals surface area contributed by atoms with Gasteiger partial charge in [-0.3, -0.25) is 4.79 Å². The third kappa shape index (κ3) is 3.34. The summed E-state index contributed by atoms with van der Waals surface area (Å²) in [5.41, 5.74) is 7.08. The average molecular weight is 341 g/mol. The third-order valence-electron chi connectivity index (χ3n) is 3.70. The zero-order valence-corrected chi connectivity index (χ0v) is 13.2. The lowest BCUT2D eigenvalue weighted by molar-refractivity contribution is -0.120. The van der Waals surface area contributed by atoms with E-state index in [4.69, 9.17) is 18.0 Å². The predicted molar refractivity (Wildman–Crippen MR) is 85.2 cm³/mol. The molecule has 1 aliphatic rings. The van der Waals surface area contributed by atoms with Crippen LogP contribution in [0.4, 0.5) is 5.69 Å². The van der Waals surface area contributed by atoms with E-state index >= 15 is 0 Å². The molecular formula is C14H17BrN2OS. The highest BCUT2D eigenvalue weighted by Crippen LogP contribution is 2.32. The van der Waals surface area contributed by atoms with E-state index in [1.165, 1.54) is 0 Å². The third-order valence-corrected chi connectivity index (χ3v) is 4.42. The molecule has 1 amide bonds. The number of nitrogens with one attached hydrogen (secondary N) is 1. The number of thiocarbonyl (C=S) groups is 1. The summed E-state index contributed by atoms with van der Waals surface area (Å²) in [6.07, 6.45) is 3.21. The number of hydrogen-bond donors (Lipinski definition) is 2. The maximum absolute atomic E-state index is 12.3. The van der Waals surface area contributed by atoms with E-state index in [1.807, 2.05) is 18.2 Å².